The van der Waals surface area contributed by atoms with Crippen molar-refractivity contribution in [1.29, 1.82) is 0 Å². The first-order chi connectivity index (χ1) is 15.1. The monoisotopic (exact) mass is 436 g/mol. The van der Waals surface area contributed by atoms with Crippen molar-refractivity contribution in [2.45, 2.75) is 38.6 Å². The van der Waals surface area contributed by atoms with E-state index < -0.39 is 6.17 Å². The number of benzene rings is 2. The molecule has 7 heteroatoms. The number of ether oxygens (including phenoxy) is 1. The number of fused-ring (bicyclic) bond motifs is 1. The van der Waals surface area contributed by atoms with Gasteiger partial charge in [-0.3, -0.25) is 4.79 Å². The van der Waals surface area contributed by atoms with Crippen LogP contribution >= 0.6 is 11.6 Å². The zero-order chi connectivity index (χ0) is 21.4. The van der Waals surface area contributed by atoms with E-state index in [0.717, 1.165) is 42.0 Å². The molecule has 31 heavy (non-hydrogen) atoms. The number of hydrogen-bond acceptors (Lipinski definition) is 4. The first kappa shape index (κ1) is 20.1. The number of aromatic nitrogens is 2. The smallest absolute Gasteiger partial charge is 0.257 e. The van der Waals surface area contributed by atoms with Crippen LogP contribution in [0.3, 0.4) is 0 Å². The Hall–Kier alpha value is -2.83. The maximum atomic E-state index is 13.5. The van der Waals surface area contributed by atoms with Crippen LogP contribution < -0.4 is 5.32 Å². The lowest BCUT2D eigenvalue weighted by Gasteiger charge is -2.39. The SMILES string of the molecule is Cc1nn(Cc2ccccc2)c(Cl)c1[C@H]1Nc2ccccc2C(=O)N1C[C@@H]1CCCO1. The first-order valence-electron chi connectivity index (χ1n) is 10.7. The van der Waals surface area contributed by atoms with Crippen molar-refractivity contribution < 1.29 is 9.53 Å². The number of carbonyl (C=O) groups is 1. The Bertz CT molecular complexity index is 1090. The summed E-state index contributed by atoms with van der Waals surface area (Å²) in [6.07, 6.45) is 1.62. The molecule has 2 aromatic carbocycles. The van der Waals surface area contributed by atoms with Gasteiger partial charge in [-0.15, -0.1) is 0 Å². The van der Waals surface area contributed by atoms with E-state index in [1.807, 2.05) is 54.3 Å². The number of amides is 1. The summed E-state index contributed by atoms with van der Waals surface area (Å²) in [7, 11) is 0. The highest BCUT2D eigenvalue weighted by Crippen LogP contribution is 2.38. The number of halogens is 1. The molecule has 3 heterocycles. The Labute approximate surface area is 186 Å². The topological polar surface area (TPSA) is 59.4 Å². The molecule has 0 radical (unpaired) electrons. The van der Waals surface area contributed by atoms with E-state index in [1.54, 1.807) is 4.68 Å². The van der Waals surface area contributed by atoms with Crippen LogP contribution in [0.5, 0.6) is 0 Å². The van der Waals surface area contributed by atoms with Gasteiger partial charge < -0.3 is 15.0 Å². The number of aryl methyl sites for hydroxylation is 1. The van der Waals surface area contributed by atoms with Gasteiger partial charge in [0, 0.05) is 18.8 Å². The van der Waals surface area contributed by atoms with Gasteiger partial charge in [-0.2, -0.15) is 5.10 Å². The molecule has 3 aromatic rings. The molecule has 1 amide bonds. The number of nitrogens with one attached hydrogen (secondary N) is 1. The predicted octanol–water partition coefficient (Wildman–Crippen LogP) is 4.64. The highest BCUT2D eigenvalue weighted by Gasteiger charge is 2.38. The van der Waals surface area contributed by atoms with Gasteiger partial charge in [-0.25, -0.2) is 4.68 Å². The molecule has 0 saturated carbocycles. The summed E-state index contributed by atoms with van der Waals surface area (Å²) < 4.78 is 7.65. The maximum Gasteiger partial charge on any atom is 0.257 e. The molecule has 0 spiro atoms. The zero-order valence-corrected chi connectivity index (χ0v) is 18.2. The van der Waals surface area contributed by atoms with Crippen molar-refractivity contribution in [3.63, 3.8) is 0 Å². The van der Waals surface area contributed by atoms with Crippen LogP contribution in [0.1, 0.15) is 46.2 Å². The molecule has 1 aromatic heterocycles. The average molecular weight is 437 g/mol. The third kappa shape index (κ3) is 3.82. The minimum atomic E-state index is -0.399. The van der Waals surface area contributed by atoms with Gasteiger partial charge >= 0.3 is 0 Å². The summed E-state index contributed by atoms with van der Waals surface area (Å²) in [6.45, 7) is 3.78. The highest BCUT2D eigenvalue weighted by atomic mass is 35.5. The number of rotatable bonds is 5. The van der Waals surface area contributed by atoms with Gasteiger partial charge in [-0.05, 0) is 37.5 Å². The number of hydrogen-bond donors (Lipinski definition) is 1. The van der Waals surface area contributed by atoms with Crippen molar-refractivity contribution in [2.75, 3.05) is 18.5 Å². The Morgan fingerprint density at radius 3 is 2.71 bits per heavy atom. The van der Waals surface area contributed by atoms with Crippen LogP contribution in [-0.4, -0.2) is 39.8 Å². The summed E-state index contributed by atoms with van der Waals surface area (Å²) in [6, 6.07) is 17.7. The van der Waals surface area contributed by atoms with Crippen molar-refractivity contribution in [3.8, 4) is 0 Å². The van der Waals surface area contributed by atoms with Gasteiger partial charge in [0.05, 0.1) is 29.5 Å². The number of carbonyl (C=O) groups excluding carboxylic acids is 1. The van der Waals surface area contributed by atoms with Gasteiger partial charge in [0.2, 0.25) is 0 Å². The summed E-state index contributed by atoms with van der Waals surface area (Å²) in [5.41, 5.74) is 4.24. The fourth-order valence-corrected chi connectivity index (χ4v) is 4.79. The summed E-state index contributed by atoms with van der Waals surface area (Å²) in [5.74, 6) is -0.0128. The summed E-state index contributed by atoms with van der Waals surface area (Å²) in [5, 5.41) is 8.79. The molecule has 1 fully saturated rings. The van der Waals surface area contributed by atoms with Crippen molar-refractivity contribution >= 4 is 23.2 Å². The Morgan fingerprint density at radius 1 is 1.16 bits per heavy atom. The lowest BCUT2D eigenvalue weighted by Crippen LogP contribution is -2.46. The van der Waals surface area contributed by atoms with Crippen molar-refractivity contribution in [3.05, 3.63) is 82.1 Å². The molecular formula is C24H25ClN4O2. The largest absolute Gasteiger partial charge is 0.376 e. The Balaban J connectivity index is 1.52. The fourth-order valence-electron chi connectivity index (χ4n) is 4.46. The van der Waals surface area contributed by atoms with E-state index in [2.05, 4.69) is 17.4 Å². The highest BCUT2D eigenvalue weighted by molar-refractivity contribution is 6.30. The van der Waals surface area contributed by atoms with Crippen LogP contribution in [0.25, 0.3) is 0 Å². The average Bonchev–Trinajstić information content (AvgIpc) is 3.39. The van der Waals surface area contributed by atoms with E-state index >= 15 is 0 Å². The molecule has 1 saturated heterocycles. The van der Waals surface area contributed by atoms with E-state index in [0.29, 0.717) is 23.8 Å². The second kappa shape index (κ2) is 8.36. The number of para-hydroxylation sites is 1. The molecule has 5 rings (SSSR count). The second-order valence-corrected chi connectivity index (χ2v) is 8.48. The minimum absolute atomic E-state index is 0.0128. The van der Waals surface area contributed by atoms with Crippen LogP contribution in [0, 0.1) is 6.92 Å². The van der Waals surface area contributed by atoms with Gasteiger partial charge in [-0.1, -0.05) is 54.1 Å². The Morgan fingerprint density at radius 2 is 1.94 bits per heavy atom. The third-order valence-corrected chi connectivity index (χ3v) is 6.40. The van der Waals surface area contributed by atoms with E-state index in [-0.39, 0.29) is 12.0 Å². The maximum absolute atomic E-state index is 13.5. The van der Waals surface area contributed by atoms with Gasteiger partial charge in [0.25, 0.3) is 5.91 Å². The van der Waals surface area contributed by atoms with Gasteiger partial charge in [0.15, 0.2) is 0 Å². The van der Waals surface area contributed by atoms with Crippen LogP contribution in [0.4, 0.5) is 5.69 Å². The van der Waals surface area contributed by atoms with Crippen molar-refractivity contribution in [2.24, 2.45) is 0 Å². The standard InChI is InChI=1S/C24H25ClN4O2/c1-16-21(22(25)29(27-16)14-17-8-3-2-4-9-17)23-26-20-12-6-5-11-19(20)24(30)28(23)15-18-10-7-13-31-18/h2-6,8-9,11-12,18,23,26H,7,10,13-15H2,1H3/t18-,23-/m0/s1. The van der Waals surface area contributed by atoms with E-state index in [4.69, 9.17) is 21.4 Å². The van der Waals surface area contributed by atoms with E-state index in [9.17, 15) is 4.79 Å². The third-order valence-electron chi connectivity index (χ3n) is 6.00. The molecule has 160 valence electrons. The predicted molar refractivity (Wildman–Crippen MR) is 120 cm³/mol. The van der Waals surface area contributed by atoms with Gasteiger partial charge in [0.1, 0.15) is 11.3 Å². The molecule has 0 unspecified atom stereocenters. The molecule has 2 aliphatic heterocycles. The minimum Gasteiger partial charge on any atom is -0.376 e. The molecule has 2 atom stereocenters. The van der Waals surface area contributed by atoms with Crippen LogP contribution in [0.15, 0.2) is 54.6 Å². The summed E-state index contributed by atoms with van der Waals surface area (Å²) in [4.78, 5) is 15.3. The molecule has 6 nitrogen and oxygen atoms in total. The fraction of sp³-hybridized carbons (Fsp3) is 0.333. The normalized spacial score (nSPS) is 20.6. The number of nitrogens with zero attached hydrogens (tertiary/aromatic N) is 3. The summed E-state index contributed by atoms with van der Waals surface area (Å²) >= 11 is 6.86. The lowest BCUT2D eigenvalue weighted by atomic mass is 10.0. The molecule has 2 aliphatic rings. The van der Waals surface area contributed by atoms with E-state index in [1.165, 1.54) is 0 Å². The van der Waals surface area contributed by atoms with Crippen molar-refractivity contribution in [1.82, 2.24) is 14.7 Å². The molecule has 0 bridgehead atoms. The quantitative estimate of drug-likeness (QED) is 0.633. The molecular weight excluding hydrogens is 412 g/mol. The van der Waals surface area contributed by atoms with Crippen LogP contribution in [0.2, 0.25) is 5.15 Å². The number of anilines is 1. The second-order valence-electron chi connectivity index (χ2n) is 8.12. The lowest BCUT2D eigenvalue weighted by molar-refractivity contribution is 0.0426. The molecule has 0 aliphatic carbocycles. The van der Waals surface area contributed by atoms with Crippen LogP contribution in [-0.2, 0) is 11.3 Å². The Kier molecular flexibility index (Phi) is 5.42. The first-order valence-corrected chi connectivity index (χ1v) is 11.0. The zero-order valence-electron chi connectivity index (χ0n) is 17.4. The molecule has 1 N–H and O–H groups in total.